The molecule has 3 atom stereocenters. The molecule has 2 heteroatoms. The predicted octanol–water partition coefficient (Wildman–Crippen LogP) is 4.68. The molecule has 2 nitrogen and oxygen atoms in total. The first-order valence-corrected chi connectivity index (χ1v) is 9.31. The predicted molar refractivity (Wildman–Crippen MR) is 103 cm³/mol. The van der Waals surface area contributed by atoms with Crippen LogP contribution in [0.5, 0.6) is 0 Å². The van der Waals surface area contributed by atoms with Gasteiger partial charge in [0.15, 0.2) is 0 Å². The maximum atomic E-state index is 6.40. The topological polar surface area (TPSA) is 52.0 Å². The molecule has 0 radical (unpaired) electrons. The highest BCUT2D eigenvalue weighted by Crippen LogP contribution is 2.31. The number of allylic oxidation sites excluding steroid dienone is 10. The monoisotopic (exact) mass is 322 g/mol. The van der Waals surface area contributed by atoms with Crippen LogP contribution in [0.2, 0.25) is 0 Å². The molecule has 0 aliphatic heterocycles. The van der Waals surface area contributed by atoms with Crippen molar-refractivity contribution < 1.29 is 0 Å². The molecule has 0 heterocycles. The molecule has 3 aliphatic carbocycles. The van der Waals surface area contributed by atoms with E-state index in [2.05, 4.69) is 55.5 Å². The molecule has 3 unspecified atom stereocenters. The molecule has 0 spiro atoms. The first-order valence-electron chi connectivity index (χ1n) is 9.31. The average Bonchev–Trinajstić information content (AvgIpc) is 2.63. The van der Waals surface area contributed by atoms with Gasteiger partial charge in [0.05, 0.1) is 0 Å². The SMILES string of the molecule is CC(/C=C(\N)C1=CC=C(C2=CC=CCC2)CC1)C1C=CC(N)CC1. The van der Waals surface area contributed by atoms with Gasteiger partial charge in [0.1, 0.15) is 0 Å². The lowest BCUT2D eigenvalue weighted by molar-refractivity contribution is 0.428. The summed E-state index contributed by atoms with van der Waals surface area (Å²) < 4.78 is 0. The van der Waals surface area contributed by atoms with Crippen molar-refractivity contribution >= 4 is 0 Å². The van der Waals surface area contributed by atoms with E-state index in [1.165, 1.54) is 23.1 Å². The van der Waals surface area contributed by atoms with Crippen molar-refractivity contribution in [3.05, 3.63) is 71.0 Å². The number of hydrogen-bond donors (Lipinski definition) is 2. The number of nitrogens with two attached hydrogens (primary N) is 2. The van der Waals surface area contributed by atoms with Crippen LogP contribution in [0.25, 0.3) is 0 Å². The van der Waals surface area contributed by atoms with Crippen LogP contribution in [0.15, 0.2) is 71.0 Å². The molecule has 4 N–H and O–H groups in total. The molecule has 0 saturated carbocycles. The van der Waals surface area contributed by atoms with Crippen molar-refractivity contribution in [2.45, 2.75) is 51.5 Å². The summed E-state index contributed by atoms with van der Waals surface area (Å²) in [5.41, 5.74) is 17.6. The van der Waals surface area contributed by atoms with Gasteiger partial charge in [0.25, 0.3) is 0 Å². The van der Waals surface area contributed by atoms with Gasteiger partial charge in [0, 0.05) is 11.7 Å². The third-order valence-corrected chi connectivity index (χ3v) is 5.50. The van der Waals surface area contributed by atoms with Gasteiger partial charge in [0.2, 0.25) is 0 Å². The van der Waals surface area contributed by atoms with Crippen LogP contribution in [-0.2, 0) is 0 Å². The van der Waals surface area contributed by atoms with E-state index in [0.717, 1.165) is 37.8 Å². The molecule has 3 rings (SSSR count). The van der Waals surface area contributed by atoms with Crippen LogP contribution in [0.4, 0.5) is 0 Å². The molecule has 0 bridgehead atoms. The lowest BCUT2D eigenvalue weighted by Gasteiger charge is -2.25. The van der Waals surface area contributed by atoms with Crippen molar-refractivity contribution in [2.75, 3.05) is 0 Å². The van der Waals surface area contributed by atoms with E-state index >= 15 is 0 Å². The van der Waals surface area contributed by atoms with Crippen molar-refractivity contribution in [1.29, 1.82) is 0 Å². The van der Waals surface area contributed by atoms with Gasteiger partial charge < -0.3 is 11.5 Å². The fourth-order valence-corrected chi connectivity index (χ4v) is 3.83. The fourth-order valence-electron chi connectivity index (χ4n) is 3.83. The molecular formula is C22H30N2. The lowest BCUT2D eigenvalue weighted by atomic mass is 9.82. The second-order valence-electron chi connectivity index (χ2n) is 7.31. The van der Waals surface area contributed by atoms with Gasteiger partial charge in [-0.05, 0) is 67.1 Å². The van der Waals surface area contributed by atoms with Gasteiger partial charge in [-0.15, -0.1) is 0 Å². The van der Waals surface area contributed by atoms with Gasteiger partial charge in [-0.3, -0.25) is 0 Å². The Morgan fingerprint density at radius 3 is 2.54 bits per heavy atom. The Kier molecular flexibility index (Phi) is 5.57. The molecule has 0 aromatic heterocycles. The summed E-state index contributed by atoms with van der Waals surface area (Å²) in [4.78, 5) is 0. The van der Waals surface area contributed by atoms with Crippen molar-refractivity contribution in [3.8, 4) is 0 Å². The van der Waals surface area contributed by atoms with Crippen LogP contribution in [0, 0.1) is 11.8 Å². The Balaban J connectivity index is 1.66. The van der Waals surface area contributed by atoms with E-state index in [4.69, 9.17) is 11.5 Å². The molecule has 128 valence electrons. The molecule has 0 saturated heterocycles. The van der Waals surface area contributed by atoms with Gasteiger partial charge >= 0.3 is 0 Å². The van der Waals surface area contributed by atoms with E-state index in [9.17, 15) is 0 Å². The average molecular weight is 322 g/mol. The summed E-state index contributed by atoms with van der Waals surface area (Å²) in [5.74, 6) is 1.03. The summed E-state index contributed by atoms with van der Waals surface area (Å²) in [6.45, 7) is 2.27. The minimum absolute atomic E-state index is 0.239. The highest BCUT2D eigenvalue weighted by Gasteiger charge is 2.19. The summed E-state index contributed by atoms with van der Waals surface area (Å²) in [6.07, 6.45) is 24.6. The Labute approximate surface area is 146 Å². The first kappa shape index (κ1) is 17.0. The maximum absolute atomic E-state index is 6.40. The minimum Gasteiger partial charge on any atom is -0.399 e. The molecular weight excluding hydrogens is 292 g/mol. The lowest BCUT2D eigenvalue weighted by Crippen LogP contribution is -2.24. The normalized spacial score (nSPS) is 28.9. The highest BCUT2D eigenvalue weighted by atomic mass is 14.6. The summed E-state index contributed by atoms with van der Waals surface area (Å²) in [6, 6.07) is 0.239. The summed E-state index contributed by atoms with van der Waals surface area (Å²) in [7, 11) is 0. The summed E-state index contributed by atoms with van der Waals surface area (Å²) >= 11 is 0. The zero-order valence-corrected chi connectivity index (χ0v) is 14.7. The number of hydrogen-bond acceptors (Lipinski definition) is 2. The van der Waals surface area contributed by atoms with Crippen LogP contribution in [0.1, 0.15) is 45.4 Å². The molecule has 0 aromatic rings. The molecule has 0 amide bonds. The standard InChI is InChI=1S/C22H30N2/c1-16(17-11-13-21(23)14-12-17)15-22(24)20-9-7-19(8-10-20)18-5-3-2-4-6-18/h2-3,5,7,9,11,13,15-17,21H,4,6,8,10,12,14,23-24H2,1H3/b22-15-. The third-order valence-electron chi connectivity index (χ3n) is 5.50. The van der Waals surface area contributed by atoms with E-state index in [1.807, 2.05) is 0 Å². The Hall–Kier alpha value is -1.80. The van der Waals surface area contributed by atoms with Gasteiger partial charge in [-0.1, -0.05) is 55.5 Å². The van der Waals surface area contributed by atoms with Crippen LogP contribution in [-0.4, -0.2) is 6.04 Å². The Morgan fingerprint density at radius 2 is 1.92 bits per heavy atom. The molecule has 24 heavy (non-hydrogen) atoms. The van der Waals surface area contributed by atoms with E-state index < -0.39 is 0 Å². The molecule has 0 fully saturated rings. The van der Waals surface area contributed by atoms with E-state index in [-0.39, 0.29) is 6.04 Å². The second-order valence-corrected chi connectivity index (χ2v) is 7.31. The van der Waals surface area contributed by atoms with Gasteiger partial charge in [-0.25, -0.2) is 0 Å². The van der Waals surface area contributed by atoms with E-state index in [0.29, 0.717) is 11.8 Å². The first-order chi connectivity index (χ1) is 11.6. The van der Waals surface area contributed by atoms with Crippen molar-refractivity contribution in [3.63, 3.8) is 0 Å². The molecule has 3 aliphatic rings. The van der Waals surface area contributed by atoms with Gasteiger partial charge in [-0.2, -0.15) is 0 Å². The quantitative estimate of drug-likeness (QED) is 0.738. The fraction of sp³-hybridized carbons (Fsp3) is 0.455. The second kappa shape index (κ2) is 7.85. The Morgan fingerprint density at radius 1 is 1.08 bits per heavy atom. The van der Waals surface area contributed by atoms with Crippen LogP contribution in [0.3, 0.4) is 0 Å². The third kappa shape index (κ3) is 4.18. The van der Waals surface area contributed by atoms with Crippen LogP contribution < -0.4 is 11.5 Å². The van der Waals surface area contributed by atoms with Crippen LogP contribution >= 0.6 is 0 Å². The highest BCUT2D eigenvalue weighted by molar-refractivity contribution is 5.44. The minimum atomic E-state index is 0.239. The zero-order chi connectivity index (χ0) is 16.9. The smallest absolute Gasteiger partial charge is 0.0309 e. The Bertz CT molecular complexity index is 643. The summed E-state index contributed by atoms with van der Waals surface area (Å²) in [5, 5.41) is 0. The largest absolute Gasteiger partial charge is 0.399 e. The van der Waals surface area contributed by atoms with Crippen molar-refractivity contribution in [2.24, 2.45) is 23.3 Å². The number of rotatable bonds is 4. The van der Waals surface area contributed by atoms with E-state index in [1.54, 1.807) is 0 Å². The van der Waals surface area contributed by atoms with Crippen molar-refractivity contribution in [1.82, 2.24) is 0 Å². The zero-order valence-electron chi connectivity index (χ0n) is 14.7. The maximum Gasteiger partial charge on any atom is 0.0309 e. The molecule has 0 aromatic carbocycles.